The van der Waals surface area contributed by atoms with Gasteiger partial charge in [-0.2, -0.15) is 5.26 Å². The molecule has 0 heterocycles. The molecular formula is C15H15N2O. The lowest BCUT2D eigenvalue weighted by Gasteiger charge is -2.24. The van der Waals surface area contributed by atoms with Crippen molar-refractivity contribution in [1.29, 1.82) is 5.26 Å². The van der Waals surface area contributed by atoms with E-state index in [1.807, 2.05) is 18.2 Å². The van der Waals surface area contributed by atoms with E-state index in [1.165, 1.54) is 5.56 Å². The van der Waals surface area contributed by atoms with Crippen LogP contribution < -0.4 is 5.73 Å². The number of fused-ring (bicyclic) bond motifs is 3. The second-order valence-electron chi connectivity index (χ2n) is 5.46. The van der Waals surface area contributed by atoms with Gasteiger partial charge >= 0.3 is 0 Å². The number of hydrogen-bond acceptors (Lipinski definition) is 2. The second-order valence-corrected chi connectivity index (χ2v) is 5.46. The molecule has 18 heavy (non-hydrogen) atoms. The van der Waals surface area contributed by atoms with Crippen LogP contribution in [0.1, 0.15) is 29.5 Å². The zero-order valence-corrected chi connectivity index (χ0v) is 10.1. The van der Waals surface area contributed by atoms with Crippen LogP contribution >= 0.6 is 0 Å². The van der Waals surface area contributed by atoms with Crippen molar-refractivity contribution in [2.45, 2.75) is 25.7 Å². The largest absolute Gasteiger partial charge is 0.369 e. The Morgan fingerprint density at radius 3 is 3.00 bits per heavy atom. The van der Waals surface area contributed by atoms with Gasteiger partial charge in [-0.05, 0) is 61.3 Å². The van der Waals surface area contributed by atoms with Gasteiger partial charge in [-0.1, -0.05) is 6.07 Å². The van der Waals surface area contributed by atoms with E-state index in [1.54, 1.807) is 0 Å². The van der Waals surface area contributed by atoms with Crippen molar-refractivity contribution in [3.8, 4) is 6.07 Å². The van der Waals surface area contributed by atoms with Crippen LogP contribution in [0.3, 0.4) is 0 Å². The maximum atomic E-state index is 11.8. The van der Waals surface area contributed by atoms with Crippen LogP contribution in [-0.4, -0.2) is 5.91 Å². The normalized spacial score (nSPS) is 29.2. The van der Waals surface area contributed by atoms with Gasteiger partial charge < -0.3 is 5.73 Å². The fourth-order valence-corrected chi connectivity index (χ4v) is 3.34. The Bertz CT molecular complexity index is 558. The third-order valence-electron chi connectivity index (χ3n) is 4.33. The molecule has 2 atom stereocenters. The van der Waals surface area contributed by atoms with Crippen molar-refractivity contribution in [3.63, 3.8) is 0 Å². The fraction of sp³-hybridized carbons (Fsp3) is 0.400. The van der Waals surface area contributed by atoms with Crippen molar-refractivity contribution in [3.05, 3.63) is 41.3 Å². The van der Waals surface area contributed by atoms with Crippen molar-refractivity contribution in [2.75, 3.05) is 0 Å². The van der Waals surface area contributed by atoms with Gasteiger partial charge in [-0.25, -0.2) is 0 Å². The SMILES string of the molecule is N#Cc1ccc2c(c1)CC1(C(N)=O)[CH]C(CC1)C2. The Balaban J connectivity index is 2.07. The van der Waals surface area contributed by atoms with Crippen molar-refractivity contribution >= 4 is 5.91 Å². The highest BCUT2D eigenvalue weighted by molar-refractivity contribution is 5.83. The quantitative estimate of drug-likeness (QED) is 0.811. The molecule has 0 aliphatic heterocycles. The van der Waals surface area contributed by atoms with Crippen LogP contribution in [0.5, 0.6) is 0 Å². The minimum atomic E-state index is -0.482. The maximum absolute atomic E-state index is 11.8. The molecule has 3 heteroatoms. The molecular weight excluding hydrogens is 224 g/mol. The smallest absolute Gasteiger partial charge is 0.224 e. The average Bonchev–Trinajstić information content (AvgIpc) is 2.67. The third-order valence-corrected chi connectivity index (χ3v) is 4.33. The topological polar surface area (TPSA) is 66.9 Å². The maximum Gasteiger partial charge on any atom is 0.224 e. The van der Waals surface area contributed by atoms with Crippen LogP contribution in [0.4, 0.5) is 0 Å². The van der Waals surface area contributed by atoms with E-state index >= 15 is 0 Å². The van der Waals surface area contributed by atoms with E-state index in [9.17, 15) is 4.79 Å². The van der Waals surface area contributed by atoms with Crippen LogP contribution in [0.25, 0.3) is 0 Å². The minimum Gasteiger partial charge on any atom is -0.369 e. The zero-order valence-electron chi connectivity index (χ0n) is 10.1. The molecule has 1 saturated carbocycles. The first-order valence-corrected chi connectivity index (χ1v) is 6.31. The van der Waals surface area contributed by atoms with Crippen molar-refractivity contribution in [2.24, 2.45) is 17.1 Å². The number of carbonyl (C=O) groups excluding carboxylic acids is 1. The van der Waals surface area contributed by atoms with Crippen LogP contribution in [0.15, 0.2) is 18.2 Å². The van der Waals surface area contributed by atoms with Crippen molar-refractivity contribution in [1.82, 2.24) is 0 Å². The number of amides is 1. The Morgan fingerprint density at radius 2 is 2.28 bits per heavy atom. The molecule has 1 radical (unpaired) electrons. The highest BCUT2D eigenvalue weighted by atomic mass is 16.1. The monoisotopic (exact) mass is 239 g/mol. The Kier molecular flexibility index (Phi) is 2.41. The lowest BCUT2D eigenvalue weighted by molar-refractivity contribution is -0.125. The predicted octanol–water partition coefficient (Wildman–Crippen LogP) is 1.74. The molecule has 1 fully saturated rings. The van der Waals surface area contributed by atoms with Crippen molar-refractivity contribution < 1.29 is 4.79 Å². The summed E-state index contributed by atoms with van der Waals surface area (Å²) in [6.45, 7) is 0. The summed E-state index contributed by atoms with van der Waals surface area (Å²) in [6.07, 6.45) is 5.67. The third kappa shape index (κ3) is 1.60. The van der Waals surface area contributed by atoms with E-state index in [4.69, 9.17) is 11.0 Å². The zero-order chi connectivity index (χ0) is 12.8. The first-order valence-electron chi connectivity index (χ1n) is 6.31. The average molecular weight is 239 g/mol. The standard InChI is InChI=1S/C15H15N2O/c16-9-11-1-2-12-5-10-3-4-15(7-10,14(17)18)8-13(12)6-11/h1-2,6-7,10H,3-5,8H2,(H2,17,18). The molecule has 2 unspecified atom stereocenters. The summed E-state index contributed by atoms with van der Waals surface area (Å²) in [7, 11) is 0. The molecule has 91 valence electrons. The number of hydrogen-bond donors (Lipinski definition) is 1. The van der Waals surface area contributed by atoms with Gasteiger partial charge in [0.1, 0.15) is 0 Å². The summed E-state index contributed by atoms with van der Waals surface area (Å²) in [5.74, 6) is 0.229. The molecule has 1 amide bonds. The molecule has 1 aromatic carbocycles. The molecule has 2 aliphatic carbocycles. The number of rotatable bonds is 1. The number of nitrogens with zero attached hydrogens (tertiary/aromatic N) is 1. The number of nitriles is 1. The van der Waals surface area contributed by atoms with Gasteiger partial charge in [-0.15, -0.1) is 0 Å². The molecule has 0 saturated heterocycles. The summed E-state index contributed by atoms with van der Waals surface area (Å²) in [5.41, 5.74) is 8.16. The molecule has 0 spiro atoms. The summed E-state index contributed by atoms with van der Waals surface area (Å²) >= 11 is 0. The lowest BCUT2D eigenvalue weighted by Crippen LogP contribution is -2.37. The molecule has 2 aliphatic rings. The highest BCUT2D eigenvalue weighted by Gasteiger charge is 2.46. The molecule has 3 rings (SSSR count). The molecule has 0 aromatic heterocycles. The summed E-state index contributed by atoms with van der Waals surface area (Å²) in [5, 5.41) is 8.97. The molecule has 3 nitrogen and oxygen atoms in total. The summed E-state index contributed by atoms with van der Waals surface area (Å²) in [4.78, 5) is 11.8. The van der Waals surface area contributed by atoms with Crippen LogP contribution in [-0.2, 0) is 17.6 Å². The van der Waals surface area contributed by atoms with Gasteiger partial charge in [0, 0.05) is 0 Å². The first kappa shape index (κ1) is 11.3. The lowest BCUT2D eigenvalue weighted by atomic mass is 9.79. The summed E-state index contributed by atoms with van der Waals surface area (Å²) in [6, 6.07) is 7.95. The van der Waals surface area contributed by atoms with Crippen LogP contribution in [0.2, 0.25) is 0 Å². The van der Waals surface area contributed by atoms with E-state index in [0.717, 1.165) is 24.8 Å². The van der Waals surface area contributed by atoms with Crippen LogP contribution in [0, 0.1) is 29.1 Å². The number of nitrogens with two attached hydrogens (primary N) is 1. The highest BCUT2D eigenvalue weighted by Crippen LogP contribution is 2.47. The molecule has 2 N–H and O–H groups in total. The summed E-state index contributed by atoms with van der Waals surface area (Å²) < 4.78 is 0. The molecule has 1 aromatic rings. The number of carbonyl (C=O) groups is 1. The first-order chi connectivity index (χ1) is 8.63. The predicted molar refractivity (Wildman–Crippen MR) is 67.2 cm³/mol. The number of primary amides is 1. The van der Waals surface area contributed by atoms with Gasteiger partial charge in [0.2, 0.25) is 5.91 Å². The second kappa shape index (κ2) is 3.84. The minimum absolute atomic E-state index is 0.222. The fourth-order valence-electron chi connectivity index (χ4n) is 3.34. The van der Waals surface area contributed by atoms with Gasteiger partial charge in [0.05, 0.1) is 17.0 Å². The van der Waals surface area contributed by atoms with Gasteiger partial charge in [-0.3, -0.25) is 4.79 Å². The van der Waals surface area contributed by atoms with Gasteiger partial charge in [0.15, 0.2) is 0 Å². The van der Waals surface area contributed by atoms with E-state index in [-0.39, 0.29) is 5.91 Å². The van der Waals surface area contributed by atoms with E-state index in [2.05, 4.69) is 12.5 Å². The Labute approximate surface area is 107 Å². The molecule has 2 bridgehead atoms. The van der Waals surface area contributed by atoms with Gasteiger partial charge in [0.25, 0.3) is 0 Å². The van der Waals surface area contributed by atoms with E-state index in [0.29, 0.717) is 17.9 Å². The number of benzene rings is 1. The van der Waals surface area contributed by atoms with E-state index < -0.39 is 5.41 Å². The Hall–Kier alpha value is -1.82. The Morgan fingerprint density at radius 1 is 1.44 bits per heavy atom.